The van der Waals surface area contributed by atoms with E-state index in [0.29, 0.717) is 13.0 Å². The summed E-state index contributed by atoms with van der Waals surface area (Å²) in [4.78, 5) is 1.66. The Balaban J connectivity index is 2.38. The molecule has 19 heavy (non-hydrogen) atoms. The van der Waals surface area contributed by atoms with Crippen LogP contribution in [0.25, 0.3) is 0 Å². The lowest BCUT2D eigenvalue weighted by molar-refractivity contribution is -0.137. The molecule has 0 amide bonds. The molecular formula is C13H18BrF3N2. The lowest BCUT2D eigenvalue weighted by Crippen LogP contribution is -2.27. The highest BCUT2D eigenvalue weighted by atomic mass is 79.9. The zero-order chi connectivity index (χ0) is 14.5. The van der Waals surface area contributed by atoms with Crippen LogP contribution in [0.4, 0.5) is 13.2 Å². The second-order valence-electron chi connectivity index (χ2n) is 4.59. The lowest BCUT2D eigenvalue weighted by atomic mass is 10.0. The van der Waals surface area contributed by atoms with Gasteiger partial charge in [0.2, 0.25) is 0 Å². The van der Waals surface area contributed by atoms with Crippen LogP contribution in [0, 0.1) is 0 Å². The van der Waals surface area contributed by atoms with Crippen LogP contribution in [0.5, 0.6) is 0 Å². The molecule has 2 nitrogen and oxygen atoms in total. The molecule has 0 spiro atoms. The van der Waals surface area contributed by atoms with Crippen molar-refractivity contribution < 1.29 is 13.2 Å². The molecule has 0 heterocycles. The SMILES string of the molecule is CN(CCC(N)c1ccccc1Br)CCC(F)(F)F. The summed E-state index contributed by atoms with van der Waals surface area (Å²) >= 11 is 3.42. The summed E-state index contributed by atoms with van der Waals surface area (Å²) in [6.07, 6.45) is -4.26. The van der Waals surface area contributed by atoms with Gasteiger partial charge in [0, 0.05) is 17.1 Å². The smallest absolute Gasteiger partial charge is 0.324 e. The van der Waals surface area contributed by atoms with Crippen LogP contribution in [-0.4, -0.2) is 31.2 Å². The first-order valence-electron chi connectivity index (χ1n) is 6.05. The molecule has 1 aromatic rings. The fraction of sp³-hybridized carbons (Fsp3) is 0.538. The van der Waals surface area contributed by atoms with Crippen molar-refractivity contribution in [1.29, 1.82) is 0 Å². The average Bonchev–Trinajstić information content (AvgIpc) is 2.33. The summed E-state index contributed by atoms with van der Waals surface area (Å²) in [5.74, 6) is 0. The van der Waals surface area contributed by atoms with E-state index in [1.165, 1.54) is 0 Å². The first-order chi connectivity index (χ1) is 8.79. The van der Waals surface area contributed by atoms with Crippen molar-refractivity contribution in [2.24, 2.45) is 5.73 Å². The third-order valence-corrected chi connectivity index (χ3v) is 3.63. The monoisotopic (exact) mass is 338 g/mol. The number of rotatable bonds is 6. The maximum atomic E-state index is 12.1. The molecular weight excluding hydrogens is 321 g/mol. The highest BCUT2D eigenvalue weighted by molar-refractivity contribution is 9.10. The van der Waals surface area contributed by atoms with Crippen LogP contribution >= 0.6 is 15.9 Å². The van der Waals surface area contributed by atoms with Gasteiger partial charge in [0.25, 0.3) is 0 Å². The van der Waals surface area contributed by atoms with Gasteiger partial charge in [0.15, 0.2) is 0 Å². The van der Waals surface area contributed by atoms with Crippen LogP contribution in [0.3, 0.4) is 0 Å². The average molecular weight is 339 g/mol. The topological polar surface area (TPSA) is 29.3 Å². The number of hydrogen-bond donors (Lipinski definition) is 1. The molecule has 6 heteroatoms. The molecule has 1 unspecified atom stereocenters. The van der Waals surface area contributed by atoms with Crippen molar-refractivity contribution >= 4 is 15.9 Å². The van der Waals surface area contributed by atoms with E-state index in [2.05, 4.69) is 15.9 Å². The molecule has 0 radical (unpaired) electrons. The molecule has 1 aromatic carbocycles. The van der Waals surface area contributed by atoms with E-state index in [1.54, 1.807) is 11.9 Å². The Bertz CT molecular complexity index is 396. The standard InChI is InChI=1S/C13H18BrF3N2/c1-19(9-7-13(15,16)17)8-6-12(18)10-4-2-3-5-11(10)14/h2-5,12H,6-9,18H2,1H3. The highest BCUT2D eigenvalue weighted by Gasteiger charge is 2.27. The van der Waals surface area contributed by atoms with E-state index in [9.17, 15) is 13.2 Å². The predicted molar refractivity (Wildman–Crippen MR) is 73.9 cm³/mol. The van der Waals surface area contributed by atoms with Crippen molar-refractivity contribution in [1.82, 2.24) is 4.90 Å². The lowest BCUT2D eigenvalue weighted by Gasteiger charge is -2.20. The number of nitrogens with two attached hydrogens (primary N) is 1. The second kappa shape index (κ2) is 7.26. The Labute approximate surface area is 119 Å². The van der Waals surface area contributed by atoms with Gasteiger partial charge >= 0.3 is 6.18 Å². The zero-order valence-corrected chi connectivity index (χ0v) is 12.3. The zero-order valence-electron chi connectivity index (χ0n) is 10.8. The Hall–Kier alpha value is -0.590. The molecule has 108 valence electrons. The minimum Gasteiger partial charge on any atom is -0.324 e. The van der Waals surface area contributed by atoms with E-state index < -0.39 is 12.6 Å². The maximum Gasteiger partial charge on any atom is 0.390 e. The quantitative estimate of drug-likeness (QED) is 0.856. The summed E-state index contributed by atoms with van der Waals surface area (Å²) in [6.45, 7) is 0.546. The Morgan fingerprint density at radius 2 is 1.89 bits per heavy atom. The predicted octanol–water partition coefficient (Wildman–Crippen LogP) is 3.72. The second-order valence-corrected chi connectivity index (χ2v) is 5.44. The van der Waals surface area contributed by atoms with E-state index in [0.717, 1.165) is 10.0 Å². The van der Waals surface area contributed by atoms with E-state index in [4.69, 9.17) is 5.73 Å². The summed E-state index contributed by atoms with van der Waals surface area (Å²) in [5, 5.41) is 0. The van der Waals surface area contributed by atoms with Gasteiger partial charge in [0.1, 0.15) is 0 Å². The molecule has 0 saturated heterocycles. The first-order valence-corrected chi connectivity index (χ1v) is 6.84. The third kappa shape index (κ3) is 6.40. The van der Waals surface area contributed by atoms with Crippen molar-refractivity contribution in [2.75, 3.05) is 20.1 Å². The van der Waals surface area contributed by atoms with Crippen LogP contribution in [0.15, 0.2) is 28.7 Å². The van der Waals surface area contributed by atoms with Gasteiger partial charge in [-0.1, -0.05) is 34.1 Å². The fourth-order valence-corrected chi connectivity index (χ4v) is 2.30. The minimum atomic E-state index is -4.10. The number of alkyl halides is 3. The molecule has 0 aliphatic heterocycles. The van der Waals surface area contributed by atoms with Gasteiger partial charge in [-0.2, -0.15) is 13.2 Å². The maximum absolute atomic E-state index is 12.1. The van der Waals surface area contributed by atoms with Gasteiger partial charge in [-0.3, -0.25) is 0 Å². The molecule has 0 fully saturated rings. The third-order valence-electron chi connectivity index (χ3n) is 2.90. The summed E-state index contributed by atoms with van der Waals surface area (Å²) < 4.78 is 37.2. The molecule has 1 rings (SSSR count). The van der Waals surface area contributed by atoms with Gasteiger partial charge in [-0.15, -0.1) is 0 Å². The number of hydrogen-bond acceptors (Lipinski definition) is 2. The Kier molecular flexibility index (Phi) is 6.29. The van der Waals surface area contributed by atoms with Crippen LogP contribution in [0.1, 0.15) is 24.4 Å². The van der Waals surface area contributed by atoms with Crippen LogP contribution in [-0.2, 0) is 0 Å². The van der Waals surface area contributed by atoms with Gasteiger partial charge < -0.3 is 10.6 Å². The van der Waals surface area contributed by atoms with Crippen molar-refractivity contribution in [3.8, 4) is 0 Å². The summed E-state index contributed by atoms with van der Waals surface area (Å²) in [7, 11) is 1.68. The first kappa shape index (κ1) is 16.5. The van der Waals surface area contributed by atoms with E-state index in [1.807, 2.05) is 24.3 Å². The van der Waals surface area contributed by atoms with Crippen LogP contribution in [0.2, 0.25) is 0 Å². The number of nitrogens with zero attached hydrogens (tertiary/aromatic N) is 1. The van der Waals surface area contributed by atoms with Gasteiger partial charge in [-0.05, 0) is 31.6 Å². The summed E-state index contributed by atoms with van der Waals surface area (Å²) in [5.41, 5.74) is 7.03. The van der Waals surface area contributed by atoms with Crippen LogP contribution < -0.4 is 5.73 Å². The molecule has 0 aliphatic carbocycles. The normalized spacial score (nSPS) is 13.8. The Morgan fingerprint density at radius 1 is 1.26 bits per heavy atom. The molecule has 0 bridgehead atoms. The van der Waals surface area contributed by atoms with Gasteiger partial charge in [-0.25, -0.2) is 0 Å². The molecule has 0 aromatic heterocycles. The van der Waals surface area contributed by atoms with Crippen molar-refractivity contribution in [3.05, 3.63) is 34.3 Å². The van der Waals surface area contributed by atoms with Crippen molar-refractivity contribution in [2.45, 2.75) is 25.1 Å². The number of halogens is 4. The highest BCUT2D eigenvalue weighted by Crippen LogP contribution is 2.24. The molecule has 2 N–H and O–H groups in total. The molecule has 0 saturated carbocycles. The van der Waals surface area contributed by atoms with Gasteiger partial charge in [0.05, 0.1) is 6.42 Å². The van der Waals surface area contributed by atoms with Crippen molar-refractivity contribution in [3.63, 3.8) is 0 Å². The minimum absolute atomic E-state index is 0.00613. The Morgan fingerprint density at radius 3 is 2.47 bits per heavy atom. The number of benzene rings is 1. The summed E-state index contributed by atoms with van der Waals surface area (Å²) in [6, 6.07) is 7.44. The van der Waals surface area contributed by atoms with E-state index >= 15 is 0 Å². The molecule has 0 aliphatic rings. The molecule has 1 atom stereocenters. The largest absolute Gasteiger partial charge is 0.390 e. The fourth-order valence-electron chi connectivity index (χ4n) is 1.72. The van der Waals surface area contributed by atoms with E-state index in [-0.39, 0.29) is 12.6 Å².